The number of aromatic nitrogens is 1. The average Bonchev–Trinajstić information content (AvgIpc) is 2.90. The summed E-state index contributed by atoms with van der Waals surface area (Å²) >= 11 is 0. The Morgan fingerprint density at radius 1 is 1.53 bits per heavy atom. The van der Waals surface area contributed by atoms with E-state index in [1.807, 2.05) is 0 Å². The fourth-order valence-electron chi connectivity index (χ4n) is 1.32. The zero-order valence-electron chi connectivity index (χ0n) is 8.48. The number of rotatable bonds is 4. The summed E-state index contributed by atoms with van der Waals surface area (Å²) in [5.74, 6) is 0.303. The van der Waals surface area contributed by atoms with Gasteiger partial charge in [0.15, 0.2) is 5.76 Å². The van der Waals surface area contributed by atoms with Crippen LogP contribution in [0.15, 0.2) is 9.42 Å². The standard InChI is InChI=1S/C8H12N2O4S/c1-5-8(6(2)14-10-5)15(11,12)9-3-7-4-13-7/h7,9H,3-4H2,1-2H3/t7-/m1/s1. The SMILES string of the molecule is Cc1noc(C)c1S(=O)(=O)NC[C@@H]1CO1. The van der Waals surface area contributed by atoms with Crippen LogP contribution < -0.4 is 4.72 Å². The molecule has 1 aromatic rings. The van der Waals surface area contributed by atoms with E-state index in [0.717, 1.165) is 0 Å². The van der Waals surface area contributed by atoms with Gasteiger partial charge in [-0.25, -0.2) is 13.1 Å². The van der Waals surface area contributed by atoms with E-state index in [0.29, 0.717) is 24.6 Å². The van der Waals surface area contributed by atoms with Gasteiger partial charge in [0, 0.05) is 6.54 Å². The Kier molecular flexibility index (Phi) is 2.53. The molecule has 0 radical (unpaired) electrons. The van der Waals surface area contributed by atoms with E-state index < -0.39 is 10.0 Å². The van der Waals surface area contributed by atoms with Crippen LogP contribution in [-0.2, 0) is 14.8 Å². The van der Waals surface area contributed by atoms with Crippen LogP contribution in [-0.4, -0.2) is 32.8 Å². The van der Waals surface area contributed by atoms with Gasteiger partial charge in [0.25, 0.3) is 0 Å². The Balaban J connectivity index is 2.20. The third kappa shape index (κ3) is 2.19. The minimum Gasteiger partial charge on any atom is -0.372 e. The lowest BCUT2D eigenvalue weighted by Crippen LogP contribution is -2.28. The second-order valence-corrected chi connectivity index (χ2v) is 5.16. The average molecular weight is 232 g/mol. The monoisotopic (exact) mass is 232 g/mol. The summed E-state index contributed by atoms with van der Waals surface area (Å²) < 4.78 is 35.8. The van der Waals surface area contributed by atoms with Crippen LogP contribution in [0.1, 0.15) is 11.5 Å². The van der Waals surface area contributed by atoms with Crippen LogP contribution in [0.2, 0.25) is 0 Å². The second kappa shape index (κ2) is 3.58. The fourth-order valence-corrected chi connectivity index (χ4v) is 2.71. The van der Waals surface area contributed by atoms with Crippen molar-refractivity contribution >= 4 is 10.0 Å². The zero-order valence-corrected chi connectivity index (χ0v) is 9.30. The van der Waals surface area contributed by atoms with Crippen LogP contribution in [0.4, 0.5) is 0 Å². The van der Waals surface area contributed by atoms with Crippen molar-refractivity contribution in [2.24, 2.45) is 0 Å². The van der Waals surface area contributed by atoms with Crippen molar-refractivity contribution < 1.29 is 17.7 Å². The molecule has 2 rings (SSSR count). The Morgan fingerprint density at radius 2 is 2.20 bits per heavy atom. The van der Waals surface area contributed by atoms with E-state index in [2.05, 4.69) is 9.88 Å². The first-order valence-electron chi connectivity index (χ1n) is 4.55. The Labute approximate surface area is 87.6 Å². The third-order valence-corrected chi connectivity index (χ3v) is 3.81. The predicted octanol–water partition coefficient (Wildman–Crippen LogP) is -0.0315. The molecule has 15 heavy (non-hydrogen) atoms. The third-order valence-electron chi connectivity index (χ3n) is 2.14. The molecule has 0 spiro atoms. The number of hydrogen-bond acceptors (Lipinski definition) is 5. The van der Waals surface area contributed by atoms with E-state index in [1.165, 1.54) is 0 Å². The van der Waals surface area contributed by atoms with Crippen molar-refractivity contribution in [3.8, 4) is 0 Å². The summed E-state index contributed by atoms with van der Waals surface area (Å²) in [6, 6.07) is 0. The molecule has 0 bridgehead atoms. The lowest BCUT2D eigenvalue weighted by molar-refractivity contribution is 0.390. The van der Waals surface area contributed by atoms with Crippen LogP contribution in [0, 0.1) is 13.8 Å². The summed E-state index contributed by atoms with van der Waals surface area (Å²) in [6.45, 7) is 4.08. The Hall–Kier alpha value is -0.920. The van der Waals surface area contributed by atoms with E-state index >= 15 is 0 Å². The maximum absolute atomic E-state index is 11.8. The molecule has 1 aromatic heterocycles. The van der Waals surface area contributed by atoms with Gasteiger partial charge in [-0.15, -0.1) is 0 Å². The molecule has 0 unspecified atom stereocenters. The molecule has 2 heterocycles. The van der Waals surface area contributed by atoms with Crippen molar-refractivity contribution in [3.63, 3.8) is 0 Å². The molecule has 1 atom stereocenters. The maximum Gasteiger partial charge on any atom is 0.246 e. The minimum atomic E-state index is -3.52. The van der Waals surface area contributed by atoms with Crippen LogP contribution in [0.3, 0.4) is 0 Å². The highest BCUT2D eigenvalue weighted by Crippen LogP contribution is 2.19. The molecule has 0 saturated carbocycles. The van der Waals surface area contributed by atoms with Gasteiger partial charge in [0.05, 0.1) is 12.7 Å². The fraction of sp³-hybridized carbons (Fsp3) is 0.625. The van der Waals surface area contributed by atoms with Gasteiger partial charge in [-0.3, -0.25) is 0 Å². The van der Waals surface area contributed by atoms with Gasteiger partial charge in [0.2, 0.25) is 10.0 Å². The first-order chi connectivity index (χ1) is 7.00. The second-order valence-electron chi connectivity index (χ2n) is 3.46. The molecule has 0 aromatic carbocycles. The largest absolute Gasteiger partial charge is 0.372 e. The molecule has 0 aliphatic carbocycles. The summed E-state index contributed by atoms with van der Waals surface area (Å²) in [7, 11) is -3.52. The van der Waals surface area contributed by atoms with E-state index in [4.69, 9.17) is 9.26 Å². The molecule has 1 N–H and O–H groups in total. The number of nitrogens with zero attached hydrogens (tertiary/aromatic N) is 1. The van der Waals surface area contributed by atoms with Crippen LogP contribution >= 0.6 is 0 Å². The summed E-state index contributed by atoms with van der Waals surface area (Å²) in [4.78, 5) is 0.128. The normalized spacial score (nSPS) is 20.5. The van der Waals surface area contributed by atoms with Gasteiger partial charge in [0.1, 0.15) is 10.6 Å². The maximum atomic E-state index is 11.8. The lowest BCUT2D eigenvalue weighted by Gasteiger charge is -2.03. The molecule has 1 aliphatic rings. The van der Waals surface area contributed by atoms with Crippen LogP contribution in [0.5, 0.6) is 0 Å². The minimum absolute atomic E-state index is 0.0141. The molecular formula is C8H12N2O4S. The highest BCUT2D eigenvalue weighted by molar-refractivity contribution is 7.89. The topological polar surface area (TPSA) is 84.7 Å². The molecule has 6 nitrogen and oxygen atoms in total. The van der Waals surface area contributed by atoms with E-state index in [9.17, 15) is 8.42 Å². The molecule has 7 heteroatoms. The predicted molar refractivity (Wildman–Crippen MR) is 50.9 cm³/mol. The van der Waals surface area contributed by atoms with E-state index in [1.54, 1.807) is 13.8 Å². The lowest BCUT2D eigenvalue weighted by atomic mass is 10.4. The molecule has 1 aliphatic heterocycles. The number of aryl methyl sites for hydroxylation is 2. The number of ether oxygens (including phenoxy) is 1. The number of epoxide rings is 1. The first-order valence-corrected chi connectivity index (χ1v) is 6.03. The number of sulfonamides is 1. The molecule has 1 saturated heterocycles. The van der Waals surface area contributed by atoms with Gasteiger partial charge in [-0.2, -0.15) is 0 Å². The first kappa shape index (κ1) is 10.6. The zero-order chi connectivity index (χ0) is 11.1. The van der Waals surface area contributed by atoms with Crippen molar-refractivity contribution in [2.45, 2.75) is 24.8 Å². The number of hydrogen-bond donors (Lipinski definition) is 1. The van der Waals surface area contributed by atoms with Gasteiger partial charge in [-0.1, -0.05) is 5.16 Å². The highest BCUT2D eigenvalue weighted by atomic mass is 32.2. The van der Waals surface area contributed by atoms with Crippen molar-refractivity contribution in [3.05, 3.63) is 11.5 Å². The summed E-state index contributed by atoms with van der Waals surface area (Å²) in [5, 5.41) is 3.60. The molecular weight excluding hydrogens is 220 g/mol. The molecule has 1 fully saturated rings. The van der Waals surface area contributed by atoms with Gasteiger partial charge < -0.3 is 9.26 Å². The molecule has 84 valence electrons. The summed E-state index contributed by atoms with van der Waals surface area (Å²) in [6.07, 6.45) is 0.0141. The van der Waals surface area contributed by atoms with Crippen LogP contribution in [0.25, 0.3) is 0 Å². The smallest absolute Gasteiger partial charge is 0.246 e. The van der Waals surface area contributed by atoms with Crippen molar-refractivity contribution in [1.82, 2.24) is 9.88 Å². The van der Waals surface area contributed by atoms with Gasteiger partial charge >= 0.3 is 0 Å². The van der Waals surface area contributed by atoms with Gasteiger partial charge in [-0.05, 0) is 13.8 Å². The Morgan fingerprint density at radius 3 is 2.67 bits per heavy atom. The molecule has 0 amide bonds. The Bertz CT molecular complexity index is 441. The quantitative estimate of drug-likeness (QED) is 0.737. The number of nitrogens with one attached hydrogen (secondary N) is 1. The van der Waals surface area contributed by atoms with Crippen molar-refractivity contribution in [1.29, 1.82) is 0 Å². The van der Waals surface area contributed by atoms with Crippen molar-refractivity contribution in [2.75, 3.05) is 13.2 Å². The summed E-state index contributed by atoms with van der Waals surface area (Å²) in [5.41, 5.74) is 0.372. The van der Waals surface area contributed by atoms with E-state index in [-0.39, 0.29) is 11.0 Å². The highest BCUT2D eigenvalue weighted by Gasteiger charge is 2.28.